The summed E-state index contributed by atoms with van der Waals surface area (Å²) < 4.78 is 0.563. The van der Waals surface area contributed by atoms with Gasteiger partial charge in [-0.2, -0.15) is 0 Å². The third kappa shape index (κ3) is 7.67. The second kappa shape index (κ2) is 12.9. The maximum atomic E-state index is 12.7. The van der Waals surface area contributed by atoms with Crippen LogP contribution in [0.25, 0.3) is 6.08 Å². The van der Waals surface area contributed by atoms with Crippen molar-refractivity contribution in [2.75, 3.05) is 19.7 Å². The minimum Gasteiger partial charge on any atom is -0.395 e. The summed E-state index contributed by atoms with van der Waals surface area (Å²) in [4.78, 5) is 29.3. The second-order valence-electron chi connectivity index (χ2n) is 7.72. The zero-order valence-corrected chi connectivity index (χ0v) is 20.7. The Morgan fingerprint density at radius 3 is 2.52 bits per heavy atom. The maximum absolute atomic E-state index is 12.7. The lowest BCUT2D eigenvalue weighted by atomic mass is 10.1. The van der Waals surface area contributed by atoms with E-state index in [1.54, 1.807) is 21.9 Å². The van der Waals surface area contributed by atoms with Crippen molar-refractivity contribution in [3.63, 3.8) is 0 Å². The van der Waals surface area contributed by atoms with Crippen LogP contribution in [0.15, 0.2) is 59.5 Å². The van der Waals surface area contributed by atoms with Crippen molar-refractivity contribution >= 4 is 57.8 Å². The van der Waals surface area contributed by atoms with Crippen molar-refractivity contribution < 1.29 is 14.7 Å². The average molecular weight is 503 g/mol. The first-order valence-corrected chi connectivity index (χ1v) is 12.5. The first kappa shape index (κ1) is 25.4. The molecule has 0 aliphatic carbocycles. The molecule has 3 rings (SSSR count). The van der Waals surface area contributed by atoms with Crippen LogP contribution in [0.2, 0.25) is 5.02 Å². The second-order valence-corrected chi connectivity index (χ2v) is 9.83. The summed E-state index contributed by atoms with van der Waals surface area (Å²) in [7, 11) is 0. The number of hydrogen-bond acceptors (Lipinski definition) is 5. The van der Waals surface area contributed by atoms with Gasteiger partial charge in [0.2, 0.25) is 5.91 Å². The monoisotopic (exact) mass is 502 g/mol. The van der Waals surface area contributed by atoms with E-state index in [4.69, 9.17) is 23.8 Å². The third-order valence-electron chi connectivity index (χ3n) is 5.25. The zero-order valence-electron chi connectivity index (χ0n) is 18.3. The molecule has 0 aromatic heterocycles. The summed E-state index contributed by atoms with van der Waals surface area (Å²) in [5.41, 5.74) is 1.95. The number of thiocarbonyl (C=S) groups is 1. The van der Waals surface area contributed by atoms with E-state index in [2.05, 4.69) is 0 Å². The summed E-state index contributed by atoms with van der Waals surface area (Å²) in [6.07, 6.45) is 4.56. The van der Waals surface area contributed by atoms with Crippen LogP contribution in [0, 0.1) is 0 Å². The molecule has 174 valence electrons. The molecule has 0 spiro atoms. The molecule has 1 saturated heterocycles. The number of benzene rings is 2. The standard InChI is InChI=1S/C25H27ClN2O3S2/c26-21-12-10-19(11-13-21)17-22-24(31)28(25(32)33-22)14-6-2-5-9-23(30)27(15-16-29)18-20-7-3-1-4-8-20/h1,3-4,7-8,10-13,17,29H,2,5-6,9,14-16,18H2. The molecular weight excluding hydrogens is 476 g/mol. The maximum Gasteiger partial charge on any atom is 0.266 e. The van der Waals surface area contributed by atoms with Crippen molar-refractivity contribution in [3.05, 3.63) is 75.7 Å². The van der Waals surface area contributed by atoms with Gasteiger partial charge in [0.05, 0.1) is 11.5 Å². The molecule has 1 fully saturated rings. The van der Waals surface area contributed by atoms with Gasteiger partial charge in [0, 0.05) is 31.1 Å². The van der Waals surface area contributed by atoms with Gasteiger partial charge in [-0.1, -0.05) is 84.5 Å². The van der Waals surface area contributed by atoms with E-state index in [9.17, 15) is 14.7 Å². The predicted molar refractivity (Wildman–Crippen MR) is 139 cm³/mol. The molecule has 1 heterocycles. The Morgan fingerprint density at radius 1 is 1.09 bits per heavy atom. The summed E-state index contributed by atoms with van der Waals surface area (Å²) in [6.45, 7) is 1.30. The minimum atomic E-state index is -0.0759. The average Bonchev–Trinajstić information content (AvgIpc) is 3.07. The van der Waals surface area contributed by atoms with Gasteiger partial charge in [0.1, 0.15) is 4.32 Å². The molecule has 2 amide bonds. The van der Waals surface area contributed by atoms with Gasteiger partial charge in [-0.05, 0) is 42.2 Å². The molecule has 0 atom stereocenters. The van der Waals surface area contributed by atoms with Crippen molar-refractivity contribution in [1.82, 2.24) is 9.80 Å². The van der Waals surface area contributed by atoms with Crippen LogP contribution in [-0.2, 0) is 16.1 Å². The fourth-order valence-corrected chi connectivity index (χ4v) is 4.94. The number of unbranched alkanes of at least 4 members (excludes halogenated alkanes) is 2. The smallest absolute Gasteiger partial charge is 0.266 e. The summed E-state index contributed by atoms with van der Waals surface area (Å²) in [6, 6.07) is 17.1. The molecule has 0 unspecified atom stereocenters. The molecule has 0 bridgehead atoms. The Bertz CT molecular complexity index is 996. The van der Waals surface area contributed by atoms with Crippen molar-refractivity contribution in [1.29, 1.82) is 0 Å². The largest absolute Gasteiger partial charge is 0.395 e. The highest BCUT2D eigenvalue weighted by atomic mass is 35.5. The number of aliphatic hydroxyl groups is 1. The highest BCUT2D eigenvalue weighted by Gasteiger charge is 2.31. The van der Waals surface area contributed by atoms with Gasteiger partial charge in [-0.15, -0.1) is 0 Å². The summed E-state index contributed by atoms with van der Waals surface area (Å²) in [5.74, 6) is -0.0441. The van der Waals surface area contributed by atoms with Gasteiger partial charge in [0.15, 0.2) is 0 Å². The van der Waals surface area contributed by atoms with Gasteiger partial charge in [0.25, 0.3) is 5.91 Å². The van der Waals surface area contributed by atoms with E-state index in [-0.39, 0.29) is 18.4 Å². The van der Waals surface area contributed by atoms with Crippen LogP contribution in [0.1, 0.15) is 36.8 Å². The summed E-state index contributed by atoms with van der Waals surface area (Å²) >= 11 is 12.6. The van der Waals surface area contributed by atoms with Crippen LogP contribution >= 0.6 is 35.6 Å². The zero-order chi connectivity index (χ0) is 23.6. The Hall–Kier alpha value is -2.19. The van der Waals surface area contributed by atoms with Gasteiger partial charge < -0.3 is 10.0 Å². The molecule has 1 aliphatic rings. The Balaban J connectivity index is 1.43. The molecule has 0 radical (unpaired) electrons. The van der Waals surface area contributed by atoms with E-state index >= 15 is 0 Å². The van der Waals surface area contributed by atoms with E-state index in [1.165, 1.54) is 11.8 Å². The lowest BCUT2D eigenvalue weighted by Crippen LogP contribution is -2.33. The number of thioether (sulfide) groups is 1. The minimum absolute atomic E-state index is 0.0319. The van der Waals surface area contributed by atoms with E-state index in [0.717, 1.165) is 30.4 Å². The summed E-state index contributed by atoms with van der Waals surface area (Å²) in [5, 5.41) is 9.97. The van der Waals surface area contributed by atoms with Gasteiger partial charge in [-0.3, -0.25) is 14.5 Å². The molecule has 0 saturated carbocycles. The number of carbonyl (C=O) groups excluding carboxylic acids is 2. The van der Waals surface area contributed by atoms with Crippen LogP contribution in [0.3, 0.4) is 0 Å². The molecule has 1 aliphatic heterocycles. The number of carbonyl (C=O) groups is 2. The Kier molecular flexibility index (Phi) is 9.94. The van der Waals surface area contributed by atoms with Gasteiger partial charge >= 0.3 is 0 Å². The highest BCUT2D eigenvalue weighted by Crippen LogP contribution is 2.33. The lowest BCUT2D eigenvalue weighted by molar-refractivity contribution is -0.132. The Morgan fingerprint density at radius 2 is 1.82 bits per heavy atom. The fraction of sp³-hybridized carbons (Fsp3) is 0.320. The van der Waals surface area contributed by atoms with Crippen LogP contribution in [0.5, 0.6) is 0 Å². The number of aliphatic hydroxyl groups excluding tert-OH is 1. The first-order valence-electron chi connectivity index (χ1n) is 10.9. The first-order chi connectivity index (χ1) is 16.0. The number of rotatable bonds is 11. The fourth-order valence-electron chi connectivity index (χ4n) is 3.50. The van der Waals surface area contributed by atoms with E-state index in [1.807, 2.05) is 48.5 Å². The number of amides is 2. The van der Waals surface area contributed by atoms with Crippen molar-refractivity contribution in [2.45, 2.75) is 32.2 Å². The van der Waals surface area contributed by atoms with Crippen molar-refractivity contribution in [3.8, 4) is 0 Å². The van der Waals surface area contributed by atoms with Crippen molar-refractivity contribution in [2.24, 2.45) is 0 Å². The topological polar surface area (TPSA) is 60.9 Å². The number of nitrogens with zero attached hydrogens (tertiary/aromatic N) is 2. The molecule has 2 aromatic rings. The number of hydrogen-bond donors (Lipinski definition) is 1. The van der Waals surface area contributed by atoms with Crippen LogP contribution < -0.4 is 0 Å². The highest BCUT2D eigenvalue weighted by molar-refractivity contribution is 8.26. The third-order valence-corrected chi connectivity index (χ3v) is 6.88. The molecule has 5 nitrogen and oxygen atoms in total. The molecule has 33 heavy (non-hydrogen) atoms. The van der Waals surface area contributed by atoms with E-state index in [0.29, 0.717) is 40.3 Å². The van der Waals surface area contributed by atoms with Crippen LogP contribution in [0.4, 0.5) is 0 Å². The Labute approximate surface area is 209 Å². The normalized spacial score (nSPS) is 14.8. The SMILES string of the molecule is O=C(CCCCCN1C(=O)C(=Cc2ccc(Cl)cc2)SC1=S)N(CCO)Cc1ccccc1. The molecular formula is C25H27ClN2O3S2. The quantitative estimate of drug-likeness (QED) is 0.262. The number of halogens is 1. The van der Waals surface area contributed by atoms with Crippen LogP contribution in [-0.4, -0.2) is 50.7 Å². The van der Waals surface area contributed by atoms with Gasteiger partial charge in [-0.25, -0.2) is 0 Å². The van der Waals surface area contributed by atoms with E-state index < -0.39 is 0 Å². The molecule has 1 N–H and O–H groups in total. The lowest BCUT2D eigenvalue weighted by Gasteiger charge is -2.22. The molecule has 8 heteroatoms. The molecule has 2 aromatic carbocycles. The predicted octanol–water partition coefficient (Wildman–Crippen LogP) is 5.12.